The van der Waals surface area contributed by atoms with Crippen LogP contribution in [0.3, 0.4) is 0 Å². The Labute approximate surface area is 126 Å². The number of hydrogen-bond acceptors (Lipinski definition) is 5. The number of aromatic nitrogens is 2. The molecule has 2 rings (SSSR count). The van der Waals surface area contributed by atoms with Crippen LogP contribution in [0.4, 0.5) is 5.82 Å². The summed E-state index contributed by atoms with van der Waals surface area (Å²) < 4.78 is 1.02. The number of carbonyl (C=O) groups excluding carboxylic acids is 1. The summed E-state index contributed by atoms with van der Waals surface area (Å²) in [4.78, 5) is 22.5. The number of carbonyl (C=O) groups is 1. The second kappa shape index (κ2) is 6.99. The zero-order chi connectivity index (χ0) is 13.7. The second-order valence-electron chi connectivity index (χ2n) is 4.56. The van der Waals surface area contributed by atoms with Gasteiger partial charge in [0.05, 0.1) is 9.49 Å². The smallest absolute Gasteiger partial charge is 0.224 e. The summed E-state index contributed by atoms with van der Waals surface area (Å²) in [6.07, 6.45) is 5.27. The molecule has 1 amide bonds. The summed E-state index contributed by atoms with van der Waals surface area (Å²) in [7, 11) is 0. The van der Waals surface area contributed by atoms with Gasteiger partial charge in [0.15, 0.2) is 0 Å². The van der Waals surface area contributed by atoms with E-state index >= 15 is 0 Å². The fraction of sp³-hybridized carbons (Fsp3) is 0.583. The molecule has 6 nitrogen and oxygen atoms in total. The van der Waals surface area contributed by atoms with Gasteiger partial charge in [0.1, 0.15) is 12.1 Å². The molecule has 0 aliphatic carbocycles. The van der Waals surface area contributed by atoms with Crippen molar-refractivity contribution in [3.05, 3.63) is 16.1 Å². The SMILES string of the molecule is NCCNC(=O)C1CCCN(c2ncncc2I)C1. The molecule has 1 fully saturated rings. The van der Waals surface area contributed by atoms with E-state index in [0.29, 0.717) is 19.6 Å². The summed E-state index contributed by atoms with van der Waals surface area (Å²) >= 11 is 2.23. The van der Waals surface area contributed by atoms with Gasteiger partial charge in [0.25, 0.3) is 0 Å². The monoisotopic (exact) mass is 375 g/mol. The van der Waals surface area contributed by atoms with Crippen molar-refractivity contribution in [1.82, 2.24) is 15.3 Å². The lowest BCUT2D eigenvalue weighted by molar-refractivity contribution is -0.125. The Morgan fingerprint density at radius 2 is 2.47 bits per heavy atom. The molecule has 0 bridgehead atoms. The number of anilines is 1. The fourth-order valence-electron chi connectivity index (χ4n) is 2.26. The highest BCUT2D eigenvalue weighted by Crippen LogP contribution is 2.24. The van der Waals surface area contributed by atoms with Gasteiger partial charge >= 0.3 is 0 Å². The van der Waals surface area contributed by atoms with Crippen molar-refractivity contribution in [3.8, 4) is 0 Å². The fourth-order valence-corrected chi connectivity index (χ4v) is 2.90. The molecule has 1 saturated heterocycles. The van der Waals surface area contributed by atoms with Crippen LogP contribution >= 0.6 is 22.6 Å². The average molecular weight is 375 g/mol. The lowest BCUT2D eigenvalue weighted by Gasteiger charge is -2.33. The third kappa shape index (κ3) is 3.75. The van der Waals surface area contributed by atoms with Crippen molar-refractivity contribution in [2.45, 2.75) is 12.8 Å². The second-order valence-corrected chi connectivity index (χ2v) is 5.72. The van der Waals surface area contributed by atoms with Gasteiger partial charge in [0, 0.05) is 32.4 Å². The number of nitrogens with zero attached hydrogens (tertiary/aromatic N) is 3. The molecular weight excluding hydrogens is 357 g/mol. The van der Waals surface area contributed by atoms with Crippen LogP contribution in [0.1, 0.15) is 12.8 Å². The minimum Gasteiger partial charge on any atom is -0.355 e. The number of rotatable bonds is 4. The number of nitrogens with one attached hydrogen (secondary N) is 1. The quantitative estimate of drug-likeness (QED) is 0.744. The Hall–Kier alpha value is -0.960. The standard InChI is InChI=1S/C12H18IN5O/c13-10-6-15-8-17-11(10)18-5-1-2-9(7-18)12(19)16-4-3-14/h6,8-9H,1-5,7,14H2,(H,16,19). The first-order valence-electron chi connectivity index (χ1n) is 6.40. The van der Waals surface area contributed by atoms with Crippen LogP contribution in [0.15, 0.2) is 12.5 Å². The Bertz CT molecular complexity index is 442. The lowest BCUT2D eigenvalue weighted by atomic mass is 9.97. The van der Waals surface area contributed by atoms with Crippen molar-refractivity contribution < 1.29 is 4.79 Å². The first kappa shape index (κ1) is 14.4. The van der Waals surface area contributed by atoms with Gasteiger partial charge in [-0.15, -0.1) is 0 Å². The molecule has 0 saturated carbocycles. The number of amides is 1. The van der Waals surface area contributed by atoms with E-state index in [9.17, 15) is 4.79 Å². The molecule has 2 heterocycles. The summed E-state index contributed by atoms with van der Waals surface area (Å²) in [6, 6.07) is 0. The maximum Gasteiger partial charge on any atom is 0.224 e. The molecule has 3 N–H and O–H groups in total. The molecule has 1 unspecified atom stereocenters. The van der Waals surface area contributed by atoms with Crippen molar-refractivity contribution in [3.63, 3.8) is 0 Å². The Balaban J connectivity index is 2.01. The molecular formula is C12H18IN5O. The maximum atomic E-state index is 12.0. The summed E-state index contributed by atoms with van der Waals surface area (Å²) in [5, 5.41) is 2.86. The molecule has 104 valence electrons. The normalized spacial score (nSPS) is 19.3. The Morgan fingerprint density at radius 1 is 1.63 bits per heavy atom. The van der Waals surface area contributed by atoms with Crippen LogP contribution in [0.5, 0.6) is 0 Å². The van der Waals surface area contributed by atoms with Crippen molar-refractivity contribution in [2.24, 2.45) is 11.7 Å². The zero-order valence-electron chi connectivity index (χ0n) is 10.7. The van der Waals surface area contributed by atoms with Crippen LogP contribution in [-0.4, -0.2) is 42.1 Å². The van der Waals surface area contributed by atoms with Gasteiger partial charge in [-0.25, -0.2) is 9.97 Å². The maximum absolute atomic E-state index is 12.0. The predicted molar refractivity (Wildman–Crippen MR) is 81.8 cm³/mol. The number of hydrogen-bond donors (Lipinski definition) is 2. The predicted octanol–water partition coefficient (Wildman–Crippen LogP) is 0.372. The lowest BCUT2D eigenvalue weighted by Crippen LogP contribution is -2.44. The first-order valence-corrected chi connectivity index (χ1v) is 7.48. The third-order valence-electron chi connectivity index (χ3n) is 3.18. The highest BCUT2D eigenvalue weighted by Gasteiger charge is 2.27. The average Bonchev–Trinajstić information content (AvgIpc) is 2.45. The molecule has 1 aliphatic rings. The van der Waals surface area contributed by atoms with Crippen molar-refractivity contribution >= 4 is 34.3 Å². The van der Waals surface area contributed by atoms with Crippen LogP contribution in [0.25, 0.3) is 0 Å². The Morgan fingerprint density at radius 3 is 3.21 bits per heavy atom. The molecule has 1 aliphatic heterocycles. The highest BCUT2D eigenvalue weighted by atomic mass is 127. The van der Waals surface area contributed by atoms with E-state index in [4.69, 9.17) is 5.73 Å². The third-order valence-corrected chi connectivity index (χ3v) is 3.94. The Kier molecular flexibility index (Phi) is 5.32. The summed E-state index contributed by atoms with van der Waals surface area (Å²) in [5.74, 6) is 1.04. The molecule has 0 aromatic carbocycles. The van der Waals surface area contributed by atoms with Crippen molar-refractivity contribution in [2.75, 3.05) is 31.1 Å². The van der Waals surface area contributed by atoms with Crippen LogP contribution in [-0.2, 0) is 4.79 Å². The largest absolute Gasteiger partial charge is 0.355 e. The van der Waals surface area contributed by atoms with E-state index in [1.165, 1.54) is 0 Å². The molecule has 1 atom stereocenters. The summed E-state index contributed by atoms with van der Waals surface area (Å²) in [6.45, 7) is 2.67. The van der Waals surface area contributed by atoms with Gasteiger partial charge < -0.3 is 16.0 Å². The van der Waals surface area contributed by atoms with E-state index in [2.05, 4.69) is 42.8 Å². The van der Waals surface area contributed by atoms with E-state index in [0.717, 1.165) is 28.8 Å². The van der Waals surface area contributed by atoms with Gasteiger partial charge in [-0.05, 0) is 35.4 Å². The zero-order valence-corrected chi connectivity index (χ0v) is 12.8. The number of nitrogens with two attached hydrogens (primary N) is 1. The van der Waals surface area contributed by atoms with E-state index < -0.39 is 0 Å². The van der Waals surface area contributed by atoms with Gasteiger partial charge in [-0.3, -0.25) is 4.79 Å². The van der Waals surface area contributed by atoms with Crippen molar-refractivity contribution in [1.29, 1.82) is 0 Å². The first-order chi connectivity index (χ1) is 9.22. The van der Waals surface area contributed by atoms with Gasteiger partial charge in [-0.1, -0.05) is 0 Å². The van der Waals surface area contributed by atoms with Gasteiger partial charge in [-0.2, -0.15) is 0 Å². The number of halogens is 1. The van der Waals surface area contributed by atoms with E-state index in [1.807, 2.05) is 0 Å². The van der Waals surface area contributed by atoms with Gasteiger partial charge in [0.2, 0.25) is 5.91 Å². The molecule has 1 aromatic rings. The molecule has 7 heteroatoms. The molecule has 0 spiro atoms. The van der Waals surface area contributed by atoms with E-state index in [1.54, 1.807) is 12.5 Å². The summed E-state index contributed by atoms with van der Waals surface area (Å²) in [5.41, 5.74) is 5.40. The topological polar surface area (TPSA) is 84.1 Å². The van der Waals surface area contributed by atoms with E-state index in [-0.39, 0.29) is 11.8 Å². The highest BCUT2D eigenvalue weighted by molar-refractivity contribution is 14.1. The van der Waals surface area contributed by atoms with Crippen LogP contribution in [0.2, 0.25) is 0 Å². The minimum absolute atomic E-state index is 0.0195. The molecule has 19 heavy (non-hydrogen) atoms. The minimum atomic E-state index is 0.0195. The molecule has 0 radical (unpaired) electrons. The molecule has 1 aromatic heterocycles. The van der Waals surface area contributed by atoms with Crippen LogP contribution < -0.4 is 16.0 Å². The number of piperidine rings is 1. The van der Waals surface area contributed by atoms with Crippen LogP contribution in [0, 0.1) is 9.49 Å².